The number of ketones is 1. The number of rotatable bonds is 2. The molecule has 1 N–H and O–H groups in total. The standard InChI is InChI=1S/C10H9N3O/c1-7(14)8-4-2-3-5-9(8)10-11-6-12-13-10/h2-6H,1H3,(H,11,12,13). The van der Waals surface area contributed by atoms with E-state index in [1.165, 1.54) is 13.3 Å². The van der Waals surface area contributed by atoms with Crippen molar-refractivity contribution in [2.75, 3.05) is 0 Å². The molecule has 2 aromatic rings. The molecule has 0 aliphatic carbocycles. The number of hydrogen-bond acceptors (Lipinski definition) is 3. The largest absolute Gasteiger partial charge is 0.294 e. The zero-order valence-corrected chi connectivity index (χ0v) is 7.69. The normalized spacial score (nSPS) is 10.1. The average Bonchev–Trinajstić information content (AvgIpc) is 2.70. The molecule has 0 fully saturated rings. The molecule has 0 aliphatic heterocycles. The summed E-state index contributed by atoms with van der Waals surface area (Å²) in [4.78, 5) is 15.3. The van der Waals surface area contributed by atoms with Crippen LogP contribution in [-0.4, -0.2) is 21.0 Å². The van der Waals surface area contributed by atoms with Gasteiger partial charge in [-0.05, 0) is 6.92 Å². The summed E-state index contributed by atoms with van der Waals surface area (Å²) in [5, 5.41) is 6.49. The van der Waals surface area contributed by atoms with E-state index in [0.29, 0.717) is 11.4 Å². The molecule has 14 heavy (non-hydrogen) atoms. The van der Waals surface area contributed by atoms with E-state index in [4.69, 9.17) is 0 Å². The number of nitrogens with zero attached hydrogens (tertiary/aromatic N) is 2. The minimum atomic E-state index is 0.0250. The molecule has 1 aromatic heterocycles. The third-order valence-electron chi connectivity index (χ3n) is 1.98. The summed E-state index contributed by atoms with van der Waals surface area (Å²) in [5.41, 5.74) is 1.45. The van der Waals surface area contributed by atoms with Crippen molar-refractivity contribution in [3.05, 3.63) is 36.2 Å². The van der Waals surface area contributed by atoms with Gasteiger partial charge in [-0.25, -0.2) is 4.98 Å². The number of H-pyrrole nitrogens is 1. The first-order chi connectivity index (χ1) is 6.79. The van der Waals surface area contributed by atoms with E-state index in [1.54, 1.807) is 6.07 Å². The first kappa shape index (κ1) is 8.62. The van der Waals surface area contributed by atoms with E-state index in [0.717, 1.165) is 5.56 Å². The van der Waals surface area contributed by atoms with E-state index in [9.17, 15) is 4.79 Å². The second-order valence-corrected chi connectivity index (χ2v) is 2.94. The molecule has 70 valence electrons. The molecule has 0 saturated heterocycles. The summed E-state index contributed by atoms with van der Waals surface area (Å²) in [6.07, 6.45) is 1.42. The zero-order valence-electron chi connectivity index (χ0n) is 7.69. The summed E-state index contributed by atoms with van der Waals surface area (Å²) < 4.78 is 0. The van der Waals surface area contributed by atoms with Gasteiger partial charge in [-0.2, -0.15) is 5.10 Å². The topological polar surface area (TPSA) is 58.6 Å². The van der Waals surface area contributed by atoms with Crippen molar-refractivity contribution in [2.24, 2.45) is 0 Å². The van der Waals surface area contributed by atoms with Gasteiger partial charge in [-0.1, -0.05) is 24.3 Å². The van der Waals surface area contributed by atoms with Crippen molar-refractivity contribution >= 4 is 5.78 Å². The molecule has 1 aromatic carbocycles. The molecule has 0 amide bonds. The number of Topliss-reactive ketones (excluding diaryl/α,β-unsaturated/α-hetero) is 1. The highest BCUT2D eigenvalue weighted by Crippen LogP contribution is 2.19. The molecule has 0 spiro atoms. The SMILES string of the molecule is CC(=O)c1ccccc1-c1ncn[nH]1. The Labute approximate surface area is 81.0 Å². The fourth-order valence-electron chi connectivity index (χ4n) is 1.33. The van der Waals surface area contributed by atoms with Crippen LogP contribution in [-0.2, 0) is 0 Å². The number of aromatic amines is 1. The number of nitrogens with one attached hydrogen (secondary N) is 1. The molecule has 0 unspecified atom stereocenters. The first-order valence-electron chi connectivity index (χ1n) is 4.25. The van der Waals surface area contributed by atoms with Crippen LogP contribution >= 0.6 is 0 Å². The van der Waals surface area contributed by atoms with Crippen LogP contribution < -0.4 is 0 Å². The number of carbonyl (C=O) groups excluding carboxylic acids is 1. The lowest BCUT2D eigenvalue weighted by Crippen LogP contribution is -1.96. The van der Waals surface area contributed by atoms with Gasteiger partial charge >= 0.3 is 0 Å². The van der Waals surface area contributed by atoms with Gasteiger partial charge in [0.1, 0.15) is 6.33 Å². The molecule has 0 saturated carbocycles. The van der Waals surface area contributed by atoms with Gasteiger partial charge in [0.25, 0.3) is 0 Å². The molecule has 0 atom stereocenters. The maximum atomic E-state index is 11.3. The maximum Gasteiger partial charge on any atom is 0.160 e. The molecular weight excluding hydrogens is 178 g/mol. The Morgan fingerprint density at radius 2 is 2.14 bits per heavy atom. The minimum Gasteiger partial charge on any atom is -0.294 e. The van der Waals surface area contributed by atoms with Crippen LogP contribution in [0.25, 0.3) is 11.4 Å². The van der Waals surface area contributed by atoms with Gasteiger partial charge in [-0.15, -0.1) is 0 Å². The fourth-order valence-corrected chi connectivity index (χ4v) is 1.33. The highest BCUT2D eigenvalue weighted by molar-refractivity contribution is 5.99. The third kappa shape index (κ3) is 1.42. The average molecular weight is 187 g/mol. The van der Waals surface area contributed by atoms with E-state index < -0.39 is 0 Å². The summed E-state index contributed by atoms with van der Waals surface area (Å²) in [6, 6.07) is 7.32. The van der Waals surface area contributed by atoms with Gasteiger partial charge in [-0.3, -0.25) is 9.89 Å². The summed E-state index contributed by atoms with van der Waals surface area (Å²) in [6.45, 7) is 1.54. The molecule has 0 bridgehead atoms. The summed E-state index contributed by atoms with van der Waals surface area (Å²) >= 11 is 0. The van der Waals surface area contributed by atoms with Gasteiger partial charge < -0.3 is 0 Å². The molecule has 1 heterocycles. The van der Waals surface area contributed by atoms with Crippen LogP contribution in [0.5, 0.6) is 0 Å². The molecule has 2 rings (SSSR count). The number of aromatic nitrogens is 3. The lowest BCUT2D eigenvalue weighted by atomic mass is 10.0. The lowest BCUT2D eigenvalue weighted by Gasteiger charge is -2.01. The van der Waals surface area contributed by atoms with Crippen LogP contribution in [0.2, 0.25) is 0 Å². The Hall–Kier alpha value is -1.97. The quantitative estimate of drug-likeness (QED) is 0.727. The van der Waals surface area contributed by atoms with Crippen LogP contribution in [0.3, 0.4) is 0 Å². The highest BCUT2D eigenvalue weighted by Gasteiger charge is 2.09. The number of benzene rings is 1. The lowest BCUT2D eigenvalue weighted by molar-refractivity contribution is 0.101. The number of hydrogen-bond donors (Lipinski definition) is 1. The smallest absolute Gasteiger partial charge is 0.160 e. The highest BCUT2D eigenvalue weighted by atomic mass is 16.1. The Bertz CT molecular complexity index is 448. The predicted octanol–water partition coefficient (Wildman–Crippen LogP) is 1.67. The monoisotopic (exact) mass is 187 g/mol. The zero-order chi connectivity index (χ0) is 9.97. The van der Waals surface area contributed by atoms with E-state index in [1.807, 2.05) is 18.2 Å². The Morgan fingerprint density at radius 1 is 1.36 bits per heavy atom. The summed E-state index contributed by atoms with van der Waals surface area (Å²) in [5.74, 6) is 0.646. The summed E-state index contributed by atoms with van der Waals surface area (Å²) in [7, 11) is 0. The van der Waals surface area contributed by atoms with Crippen molar-refractivity contribution in [1.82, 2.24) is 15.2 Å². The van der Waals surface area contributed by atoms with Crippen LogP contribution in [0.1, 0.15) is 17.3 Å². The molecule has 4 nitrogen and oxygen atoms in total. The van der Waals surface area contributed by atoms with Crippen molar-refractivity contribution in [2.45, 2.75) is 6.92 Å². The van der Waals surface area contributed by atoms with Crippen LogP contribution in [0.4, 0.5) is 0 Å². The van der Waals surface area contributed by atoms with Crippen molar-refractivity contribution in [3.8, 4) is 11.4 Å². The van der Waals surface area contributed by atoms with Gasteiger partial charge in [0.15, 0.2) is 11.6 Å². The minimum absolute atomic E-state index is 0.0250. The maximum absolute atomic E-state index is 11.3. The number of carbonyl (C=O) groups is 1. The van der Waals surface area contributed by atoms with Crippen molar-refractivity contribution in [3.63, 3.8) is 0 Å². The molecular formula is C10H9N3O. The third-order valence-corrected chi connectivity index (χ3v) is 1.98. The Morgan fingerprint density at radius 3 is 2.79 bits per heavy atom. The van der Waals surface area contributed by atoms with E-state index in [2.05, 4.69) is 15.2 Å². The second-order valence-electron chi connectivity index (χ2n) is 2.94. The predicted molar refractivity (Wildman–Crippen MR) is 51.8 cm³/mol. The van der Waals surface area contributed by atoms with Crippen molar-refractivity contribution in [1.29, 1.82) is 0 Å². The van der Waals surface area contributed by atoms with Gasteiger partial charge in [0.05, 0.1) is 0 Å². The Balaban J connectivity index is 2.58. The Kier molecular flexibility index (Phi) is 2.10. The van der Waals surface area contributed by atoms with Crippen molar-refractivity contribution < 1.29 is 4.79 Å². The van der Waals surface area contributed by atoms with Gasteiger partial charge in [0.2, 0.25) is 0 Å². The van der Waals surface area contributed by atoms with E-state index >= 15 is 0 Å². The fraction of sp³-hybridized carbons (Fsp3) is 0.100. The van der Waals surface area contributed by atoms with Crippen LogP contribution in [0.15, 0.2) is 30.6 Å². The molecule has 4 heteroatoms. The first-order valence-corrected chi connectivity index (χ1v) is 4.25. The molecule has 0 radical (unpaired) electrons. The van der Waals surface area contributed by atoms with Gasteiger partial charge in [0, 0.05) is 11.1 Å². The molecule has 0 aliphatic rings. The van der Waals surface area contributed by atoms with Crippen LogP contribution in [0, 0.1) is 0 Å². The van der Waals surface area contributed by atoms with E-state index in [-0.39, 0.29) is 5.78 Å². The second kappa shape index (κ2) is 3.41.